The summed E-state index contributed by atoms with van der Waals surface area (Å²) in [6.07, 6.45) is 9.88. The maximum atomic E-state index is 4.00. The van der Waals surface area contributed by atoms with E-state index in [1.54, 1.807) is 6.20 Å². The normalized spacial score (nSPS) is 11.1. The highest BCUT2D eigenvalue weighted by atomic mass is 15.0. The molecule has 3 heteroatoms. The number of nitrogens with zero attached hydrogens (tertiary/aromatic N) is 2. The van der Waals surface area contributed by atoms with Gasteiger partial charge in [0.15, 0.2) is 0 Å². The summed E-state index contributed by atoms with van der Waals surface area (Å²) < 4.78 is 2.06. The van der Waals surface area contributed by atoms with Crippen molar-refractivity contribution >= 4 is 6.08 Å². The summed E-state index contributed by atoms with van der Waals surface area (Å²) >= 11 is 0. The van der Waals surface area contributed by atoms with Crippen LogP contribution in [0.25, 0.3) is 6.08 Å². The van der Waals surface area contributed by atoms with Crippen LogP contribution in [-0.4, -0.2) is 22.6 Å². The largest absolute Gasteiger partial charge is 0.336 e. The predicted molar refractivity (Wildman–Crippen MR) is 70.6 cm³/mol. The Morgan fingerprint density at radius 1 is 1.24 bits per heavy atom. The molecule has 0 amide bonds. The molecular formula is C14H17N3. The molecule has 0 saturated heterocycles. The third-order valence-corrected chi connectivity index (χ3v) is 2.48. The first-order chi connectivity index (χ1) is 8.45. The molecule has 0 fully saturated rings. The average Bonchev–Trinajstić information content (AvgIpc) is 2.88. The molecular weight excluding hydrogens is 210 g/mol. The molecule has 0 aliphatic carbocycles. The van der Waals surface area contributed by atoms with E-state index in [1.807, 2.05) is 30.7 Å². The number of hydrogen-bond acceptors (Lipinski definition) is 2. The summed E-state index contributed by atoms with van der Waals surface area (Å²) in [5, 5.41) is 3.36. The molecule has 0 bridgehead atoms. The van der Waals surface area contributed by atoms with Crippen molar-refractivity contribution in [2.24, 2.45) is 0 Å². The van der Waals surface area contributed by atoms with Crippen LogP contribution in [0.5, 0.6) is 0 Å². The van der Waals surface area contributed by atoms with Gasteiger partial charge < -0.3 is 9.88 Å². The molecule has 2 aromatic rings. The van der Waals surface area contributed by atoms with Crippen LogP contribution in [0.2, 0.25) is 0 Å². The topological polar surface area (TPSA) is 29.9 Å². The average molecular weight is 227 g/mol. The lowest BCUT2D eigenvalue weighted by Gasteiger charge is -2.02. The van der Waals surface area contributed by atoms with Crippen LogP contribution in [0.3, 0.4) is 0 Å². The van der Waals surface area contributed by atoms with Gasteiger partial charge in [-0.05, 0) is 5.56 Å². The standard InChI is InChI=1S/C14H17N3/c1-2-5-14(6-3-1)7-4-8-15-9-11-17-12-10-16-13-17/h1-7,10,12-13,15H,8-9,11H2. The second-order valence-corrected chi connectivity index (χ2v) is 3.82. The summed E-state index contributed by atoms with van der Waals surface area (Å²) in [6, 6.07) is 10.3. The van der Waals surface area contributed by atoms with Crippen molar-refractivity contribution in [3.8, 4) is 0 Å². The van der Waals surface area contributed by atoms with Crippen molar-refractivity contribution < 1.29 is 0 Å². The number of nitrogens with one attached hydrogen (secondary N) is 1. The van der Waals surface area contributed by atoms with E-state index in [4.69, 9.17) is 0 Å². The molecule has 3 nitrogen and oxygen atoms in total. The van der Waals surface area contributed by atoms with Gasteiger partial charge in [-0.2, -0.15) is 0 Å². The molecule has 1 aromatic carbocycles. The van der Waals surface area contributed by atoms with Gasteiger partial charge in [-0.3, -0.25) is 0 Å². The molecule has 88 valence electrons. The van der Waals surface area contributed by atoms with E-state index in [0.717, 1.165) is 19.6 Å². The van der Waals surface area contributed by atoms with Gasteiger partial charge in [-0.15, -0.1) is 0 Å². The Kier molecular flexibility index (Phi) is 4.55. The van der Waals surface area contributed by atoms with Gasteiger partial charge >= 0.3 is 0 Å². The molecule has 2 rings (SSSR count). The minimum atomic E-state index is 0.892. The van der Waals surface area contributed by atoms with Crippen molar-refractivity contribution in [3.63, 3.8) is 0 Å². The maximum Gasteiger partial charge on any atom is 0.0946 e. The summed E-state index contributed by atoms with van der Waals surface area (Å²) in [7, 11) is 0. The Labute approximate surface area is 102 Å². The van der Waals surface area contributed by atoms with Gasteiger partial charge in [-0.25, -0.2) is 4.98 Å². The lowest BCUT2D eigenvalue weighted by atomic mass is 10.2. The lowest BCUT2D eigenvalue weighted by molar-refractivity contribution is 0.625. The molecule has 0 spiro atoms. The third-order valence-electron chi connectivity index (χ3n) is 2.48. The van der Waals surface area contributed by atoms with Crippen LogP contribution in [0, 0.1) is 0 Å². The summed E-state index contributed by atoms with van der Waals surface area (Å²) in [6.45, 7) is 2.80. The van der Waals surface area contributed by atoms with Gasteiger partial charge in [0, 0.05) is 32.0 Å². The molecule has 1 heterocycles. The van der Waals surface area contributed by atoms with E-state index in [0.29, 0.717) is 0 Å². The minimum absolute atomic E-state index is 0.892. The molecule has 0 atom stereocenters. The fraction of sp³-hybridized carbons (Fsp3) is 0.214. The minimum Gasteiger partial charge on any atom is -0.336 e. The lowest BCUT2D eigenvalue weighted by Crippen LogP contribution is -2.19. The van der Waals surface area contributed by atoms with E-state index in [1.165, 1.54) is 5.56 Å². The first-order valence-electron chi connectivity index (χ1n) is 5.83. The van der Waals surface area contributed by atoms with Gasteiger partial charge in [0.1, 0.15) is 0 Å². The highest BCUT2D eigenvalue weighted by Gasteiger charge is 1.88. The summed E-state index contributed by atoms with van der Waals surface area (Å²) in [5.41, 5.74) is 1.24. The zero-order valence-electron chi connectivity index (χ0n) is 9.79. The molecule has 0 radical (unpaired) electrons. The van der Waals surface area contributed by atoms with E-state index in [-0.39, 0.29) is 0 Å². The molecule has 0 saturated carbocycles. The predicted octanol–water partition coefficient (Wildman–Crippen LogP) is 2.19. The van der Waals surface area contributed by atoms with Crippen molar-refractivity contribution in [1.82, 2.24) is 14.9 Å². The molecule has 17 heavy (non-hydrogen) atoms. The summed E-state index contributed by atoms with van der Waals surface area (Å²) in [4.78, 5) is 4.00. The molecule has 0 unspecified atom stereocenters. The first-order valence-corrected chi connectivity index (χ1v) is 5.83. The van der Waals surface area contributed by atoms with Crippen LogP contribution >= 0.6 is 0 Å². The summed E-state index contributed by atoms with van der Waals surface area (Å²) in [5.74, 6) is 0. The first kappa shape index (κ1) is 11.6. The molecule has 1 aromatic heterocycles. The van der Waals surface area contributed by atoms with Crippen LogP contribution in [0.15, 0.2) is 55.1 Å². The highest BCUT2D eigenvalue weighted by Crippen LogP contribution is 1.99. The van der Waals surface area contributed by atoms with Gasteiger partial charge in [0.25, 0.3) is 0 Å². The zero-order chi connectivity index (χ0) is 11.8. The number of rotatable bonds is 6. The fourth-order valence-electron chi connectivity index (χ4n) is 1.57. The van der Waals surface area contributed by atoms with Gasteiger partial charge in [0.2, 0.25) is 0 Å². The van der Waals surface area contributed by atoms with Crippen LogP contribution < -0.4 is 5.32 Å². The smallest absolute Gasteiger partial charge is 0.0946 e. The van der Waals surface area contributed by atoms with Crippen molar-refractivity contribution in [3.05, 3.63) is 60.7 Å². The fourth-order valence-corrected chi connectivity index (χ4v) is 1.57. The Morgan fingerprint density at radius 3 is 2.88 bits per heavy atom. The second-order valence-electron chi connectivity index (χ2n) is 3.82. The Hall–Kier alpha value is -1.87. The number of benzene rings is 1. The molecule has 0 aliphatic heterocycles. The highest BCUT2D eigenvalue weighted by molar-refractivity contribution is 5.48. The SMILES string of the molecule is C(=Cc1ccccc1)CNCCn1ccnc1. The Balaban J connectivity index is 1.62. The van der Waals surface area contributed by atoms with E-state index in [2.05, 4.69) is 39.2 Å². The van der Waals surface area contributed by atoms with Crippen LogP contribution in [-0.2, 0) is 6.54 Å². The van der Waals surface area contributed by atoms with E-state index >= 15 is 0 Å². The van der Waals surface area contributed by atoms with Crippen LogP contribution in [0.1, 0.15) is 5.56 Å². The van der Waals surface area contributed by atoms with Crippen molar-refractivity contribution in [1.29, 1.82) is 0 Å². The van der Waals surface area contributed by atoms with Crippen molar-refractivity contribution in [2.75, 3.05) is 13.1 Å². The number of imidazole rings is 1. The van der Waals surface area contributed by atoms with Crippen molar-refractivity contribution in [2.45, 2.75) is 6.54 Å². The quantitative estimate of drug-likeness (QED) is 0.767. The van der Waals surface area contributed by atoms with Gasteiger partial charge in [0.05, 0.1) is 6.33 Å². The zero-order valence-corrected chi connectivity index (χ0v) is 9.79. The van der Waals surface area contributed by atoms with E-state index in [9.17, 15) is 0 Å². The Bertz CT molecular complexity index is 432. The Morgan fingerprint density at radius 2 is 2.12 bits per heavy atom. The second kappa shape index (κ2) is 6.66. The maximum absolute atomic E-state index is 4.00. The van der Waals surface area contributed by atoms with E-state index < -0.39 is 0 Å². The molecule has 1 N–H and O–H groups in total. The van der Waals surface area contributed by atoms with Gasteiger partial charge in [-0.1, -0.05) is 42.5 Å². The van der Waals surface area contributed by atoms with Crippen LogP contribution in [0.4, 0.5) is 0 Å². The molecule has 0 aliphatic rings. The monoisotopic (exact) mass is 227 g/mol. The number of hydrogen-bond donors (Lipinski definition) is 1. The number of aromatic nitrogens is 2. The third kappa shape index (κ3) is 4.25.